The van der Waals surface area contributed by atoms with E-state index >= 15 is 0 Å². The molecule has 7 heteroatoms. The first-order valence-electron chi connectivity index (χ1n) is 7.65. The highest BCUT2D eigenvalue weighted by Gasteiger charge is 2.20. The van der Waals surface area contributed by atoms with Crippen LogP contribution < -0.4 is 0 Å². The lowest BCUT2D eigenvalue weighted by Crippen LogP contribution is -2.12. The third-order valence-corrected chi connectivity index (χ3v) is 4.36. The third kappa shape index (κ3) is 3.52. The monoisotopic (exact) mass is 414 g/mol. The smallest absolute Gasteiger partial charge is 0.338 e. The molecule has 1 aromatic heterocycles. The fraction of sp³-hybridized carbons (Fsp3) is 0.105. The van der Waals surface area contributed by atoms with Gasteiger partial charge in [-0.15, -0.1) is 0 Å². The van der Waals surface area contributed by atoms with E-state index in [-0.39, 0.29) is 11.1 Å². The number of carbonyl (C=O) groups excluding carboxylic acids is 2. The number of nitrogens with one attached hydrogen (secondary N) is 1. The maximum absolute atomic E-state index is 12.0. The fourth-order valence-electron chi connectivity index (χ4n) is 2.50. The van der Waals surface area contributed by atoms with Crippen LogP contribution in [0.4, 0.5) is 0 Å². The highest BCUT2D eigenvalue weighted by Crippen LogP contribution is 2.25. The molecule has 132 valence electrons. The van der Waals surface area contributed by atoms with Gasteiger partial charge in [-0.1, -0.05) is 34.1 Å². The molecular weight excluding hydrogens is 400 g/mol. The molecule has 3 rings (SSSR count). The number of ether oxygens (including phenoxy) is 2. The summed E-state index contributed by atoms with van der Waals surface area (Å²) in [5.41, 5.74) is 2.73. The van der Waals surface area contributed by atoms with E-state index in [1.54, 1.807) is 18.3 Å². The number of methoxy groups -OCH3 is 2. The van der Waals surface area contributed by atoms with Crippen molar-refractivity contribution in [1.82, 2.24) is 9.97 Å². The van der Waals surface area contributed by atoms with Crippen molar-refractivity contribution in [3.63, 3.8) is 0 Å². The van der Waals surface area contributed by atoms with Crippen LogP contribution in [0, 0.1) is 0 Å². The minimum atomic E-state index is -0.619. The number of rotatable bonds is 4. The second kappa shape index (κ2) is 7.53. The number of halogens is 1. The van der Waals surface area contributed by atoms with Crippen molar-refractivity contribution < 1.29 is 19.1 Å². The second-order valence-electron chi connectivity index (χ2n) is 5.40. The lowest BCUT2D eigenvalue weighted by Gasteiger charge is -2.08. The van der Waals surface area contributed by atoms with Crippen LogP contribution in [0.5, 0.6) is 0 Å². The van der Waals surface area contributed by atoms with E-state index in [1.807, 2.05) is 24.3 Å². The van der Waals surface area contributed by atoms with Crippen LogP contribution in [0.2, 0.25) is 0 Å². The summed E-state index contributed by atoms with van der Waals surface area (Å²) in [7, 11) is 2.52. The Morgan fingerprint density at radius 1 is 0.923 bits per heavy atom. The van der Waals surface area contributed by atoms with E-state index in [1.165, 1.54) is 20.3 Å². The van der Waals surface area contributed by atoms with Gasteiger partial charge in [0.25, 0.3) is 0 Å². The Morgan fingerprint density at radius 3 is 2.19 bits per heavy atom. The van der Waals surface area contributed by atoms with E-state index in [4.69, 9.17) is 9.47 Å². The molecular formula is C19H15BrN2O4. The van der Waals surface area contributed by atoms with Gasteiger partial charge in [0, 0.05) is 10.0 Å². The molecule has 0 aliphatic heterocycles. The average molecular weight is 415 g/mol. The van der Waals surface area contributed by atoms with Crippen LogP contribution in [0.25, 0.3) is 22.6 Å². The van der Waals surface area contributed by atoms with Crippen molar-refractivity contribution in [2.24, 2.45) is 0 Å². The Bertz CT molecular complexity index is 964. The van der Waals surface area contributed by atoms with Crippen LogP contribution in [-0.2, 0) is 9.47 Å². The van der Waals surface area contributed by atoms with Gasteiger partial charge in [0.1, 0.15) is 5.82 Å². The molecule has 0 saturated heterocycles. The second-order valence-corrected chi connectivity index (χ2v) is 6.31. The largest absolute Gasteiger partial charge is 0.465 e. The molecule has 1 heterocycles. The number of benzene rings is 2. The third-order valence-electron chi connectivity index (χ3n) is 3.83. The van der Waals surface area contributed by atoms with Crippen LogP contribution in [0.1, 0.15) is 20.7 Å². The molecule has 0 amide bonds. The van der Waals surface area contributed by atoms with Gasteiger partial charge in [0.2, 0.25) is 0 Å². The molecule has 3 aromatic rings. The lowest BCUT2D eigenvalue weighted by molar-refractivity contribution is 0.0555. The molecule has 0 aliphatic carbocycles. The van der Waals surface area contributed by atoms with Gasteiger partial charge in [0.15, 0.2) is 0 Å². The van der Waals surface area contributed by atoms with E-state index in [9.17, 15) is 9.59 Å². The van der Waals surface area contributed by atoms with E-state index < -0.39 is 11.9 Å². The number of imidazole rings is 1. The maximum Gasteiger partial charge on any atom is 0.338 e. The van der Waals surface area contributed by atoms with Crippen molar-refractivity contribution in [2.45, 2.75) is 0 Å². The Labute approximate surface area is 158 Å². The Balaban J connectivity index is 2.01. The highest BCUT2D eigenvalue weighted by molar-refractivity contribution is 9.10. The van der Waals surface area contributed by atoms with Crippen molar-refractivity contribution in [2.75, 3.05) is 14.2 Å². The molecule has 0 radical (unpaired) electrons. The van der Waals surface area contributed by atoms with Crippen molar-refractivity contribution in [3.05, 3.63) is 64.3 Å². The summed E-state index contributed by atoms with van der Waals surface area (Å²) in [6.07, 6.45) is 1.71. The molecule has 0 bridgehead atoms. The number of hydrogen-bond acceptors (Lipinski definition) is 5. The van der Waals surface area contributed by atoms with Crippen LogP contribution in [-0.4, -0.2) is 36.1 Å². The van der Waals surface area contributed by atoms with Gasteiger partial charge in [-0.2, -0.15) is 0 Å². The Kier molecular flexibility index (Phi) is 5.18. The zero-order chi connectivity index (χ0) is 18.7. The SMILES string of the molecule is COC(=O)c1ccc(-c2ncc(-c3ccc(Br)cc3)[nH]2)cc1C(=O)OC. The van der Waals surface area contributed by atoms with E-state index in [0.717, 1.165) is 15.7 Å². The normalized spacial score (nSPS) is 10.4. The minimum absolute atomic E-state index is 0.124. The number of aromatic nitrogens is 2. The molecule has 0 fully saturated rings. The van der Waals surface area contributed by atoms with Gasteiger partial charge in [-0.3, -0.25) is 0 Å². The molecule has 26 heavy (non-hydrogen) atoms. The van der Waals surface area contributed by atoms with Gasteiger partial charge in [0.05, 0.1) is 37.2 Å². The molecule has 0 aliphatic rings. The number of nitrogens with zero attached hydrogens (tertiary/aromatic N) is 1. The zero-order valence-corrected chi connectivity index (χ0v) is 15.7. The Hall–Kier alpha value is -2.93. The van der Waals surface area contributed by atoms with Crippen molar-refractivity contribution in [3.8, 4) is 22.6 Å². The molecule has 0 unspecified atom stereocenters. The fourth-order valence-corrected chi connectivity index (χ4v) is 2.77. The van der Waals surface area contributed by atoms with Gasteiger partial charge in [-0.05, 0) is 29.8 Å². The molecule has 6 nitrogen and oxygen atoms in total. The summed E-state index contributed by atoms with van der Waals surface area (Å²) in [5.74, 6) is -0.650. The van der Waals surface area contributed by atoms with Crippen LogP contribution in [0.15, 0.2) is 53.1 Å². The summed E-state index contributed by atoms with van der Waals surface area (Å²) in [6.45, 7) is 0. The van der Waals surface area contributed by atoms with E-state index in [0.29, 0.717) is 11.4 Å². The van der Waals surface area contributed by atoms with Crippen LogP contribution >= 0.6 is 15.9 Å². The number of carbonyl (C=O) groups is 2. The average Bonchev–Trinajstić information content (AvgIpc) is 3.17. The predicted molar refractivity (Wildman–Crippen MR) is 99.8 cm³/mol. The summed E-state index contributed by atoms with van der Waals surface area (Å²) in [6, 6.07) is 12.6. The van der Waals surface area contributed by atoms with Gasteiger partial charge < -0.3 is 14.5 Å². The quantitative estimate of drug-likeness (QED) is 0.650. The Morgan fingerprint density at radius 2 is 1.54 bits per heavy atom. The molecule has 2 aromatic carbocycles. The minimum Gasteiger partial charge on any atom is -0.465 e. The predicted octanol–water partition coefficient (Wildman–Crippen LogP) is 4.08. The highest BCUT2D eigenvalue weighted by atomic mass is 79.9. The summed E-state index contributed by atoms with van der Waals surface area (Å²) < 4.78 is 10.5. The number of aromatic amines is 1. The first-order chi connectivity index (χ1) is 12.5. The van der Waals surface area contributed by atoms with Crippen molar-refractivity contribution >= 4 is 27.9 Å². The zero-order valence-electron chi connectivity index (χ0n) is 14.1. The standard InChI is InChI=1S/C19H15BrN2O4/c1-25-18(23)14-8-5-12(9-15(14)19(24)26-2)17-21-10-16(22-17)11-3-6-13(20)7-4-11/h3-10H,1-2H3,(H,21,22). The summed E-state index contributed by atoms with van der Waals surface area (Å²) >= 11 is 3.41. The summed E-state index contributed by atoms with van der Waals surface area (Å²) in [5, 5.41) is 0. The first-order valence-corrected chi connectivity index (χ1v) is 8.44. The summed E-state index contributed by atoms with van der Waals surface area (Å²) in [4.78, 5) is 31.5. The first kappa shape index (κ1) is 17.9. The maximum atomic E-state index is 12.0. The molecule has 1 N–H and O–H groups in total. The number of hydrogen-bond donors (Lipinski definition) is 1. The molecule has 0 atom stereocenters. The number of esters is 2. The topological polar surface area (TPSA) is 81.3 Å². The van der Waals surface area contributed by atoms with E-state index in [2.05, 4.69) is 25.9 Å². The van der Waals surface area contributed by atoms with Crippen molar-refractivity contribution in [1.29, 1.82) is 0 Å². The van der Waals surface area contributed by atoms with Gasteiger partial charge >= 0.3 is 11.9 Å². The number of H-pyrrole nitrogens is 1. The van der Waals surface area contributed by atoms with Gasteiger partial charge in [-0.25, -0.2) is 14.6 Å². The lowest BCUT2D eigenvalue weighted by atomic mass is 10.0. The molecule has 0 spiro atoms. The van der Waals surface area contributed by atoms with Crippen LogP contribution in [0.3, 0.4) is 0 Å². The molecule has 0 saturated carbocycles.